The highest BCUT2D eigenvalue weighted by Gasteiger charge is 2.23. The molecule has 2 atom stereocenters. The van der Waals surface area contributed by atoms with Crippen LogP contribution in [-0.2, 0) is 0 Å². The Morgan fingerprint density at radius 1 is 1.24 bits per heavy atom. The first-order valence-electron chi connectivity index (χ1n) is 7.96. The second-order valence-electron chi connectivity index (χ2n) is 6.25. The lowest BCUT2D eigenvalue weighted by Crippen LogP contribution is -2.25. The summed E-state index contributed by atoms with van der Waals surface area (Å²) in [5.41, 5.74) is 2.82. The van der Waals surface area contributed by atoms with Gasteiger partial charge in [-0.2, -0.15) is 0 Å². The highest BCUT2D eigenvalue weighted by Crippen LogP contribution is 2.32. The third-order valence-electron chi connectivity index (χ3n) is 4.60. The SMILES string of the molecule is CC(NC1CC1)n1ccc2ccc(C3C=CSCC3)cc21. The van der Waals surface area contributed by atoms with E-state index in [9.17, 15) is 0 Å². The zero-order valence-corrected chi connectivity index (χ0v) is 13.3. The molecule has 1 aliphatic carbocycles. The molecule has 1 fully saturated rings. The zero-order chi connectivity index (χ0) is 14.2. The minimum absolute atomic E-state index is 0.378. The predicted molar refractivity (Wildman–Crippen MR) is 91.8 cm³/mol. The Balaban J connectivity index is 1.67. The largest absolute Gasteiger partial charge is 0.332 e. The third-order valence-corrected chi connectivity index (χ3v) is 5.42. The van der Waals surface area contributed by atoms with Crippen LogP contribution in [0.3, 0.4) is 0 Å². The molecule has 2 nitrogen and oxygen atoms in total. The Morgan fingerprint density at radius 3 is 2.90 bits per heavy atom. The molecular weight excluding hydrogens is 276 g/mol. The maximum atomic E-state index is 3.69. The van der Waals surface area contributed by atoms with Gasteiger partial charge in [-0.15, -0.1) is 11.8 Å². The lowest BCUT2D eigenvalue weighted by atomic mass is 9.95. The standard InChI is InChI=1S/C18H22N2S/c1-13(19-17-4-5-17)20-9-6-15-2-3-16(12-18(15)20)14-7-10-21-11-8-14/h2-3,6-7,9-10,12-14,17,19H,4-5,8,11H2,1H3. The Labute approximate surface area is 130 Å². The van der Waals surface area contributed by atoms with Gasteiger partial charge in [0.1, 0.15) is 0 Å². The fourth-order valence-corrected chi connectivity index (χ4v) is 4.02. The summed E-state index contributed by atoms with van der Waals surface area (Å²) in [6.45, 7) is 2.27. The van der Waals surface area contributed by atoms with Crippen LogP contribution in [0.1, 0.15) is 43.8 Å². The highest BCUT2D eigenvalue weighted by atomic mass is 32.2. The molecule has 1 aromatic heterocycles. The first-order valence-corrected chi connectivity index (χ1v) is 9.01. The normalized spacial score (nSPS) is 23.6. The van der Waals surface area contributed by atoms with E-state index in [0.717, 1.165) is 6.04 Å². The van der Waals surface area contributed by atoms with Crippen molar-refractivity contribution in [3.63, 3.8) is 0 Å². The number of nitrogens with one attached hydrogen (secondary N) is 1. The number of aromatic nitrogens is 1. The molecule has 2 aromatic rings. The van der Waals surface area contributed by atoms with Crippen LogP contribution in [-0.4, -0.2) is 16.4 Å². The van der Waals surface area contributed by atoms with Crippen LogP contribution in [0, 0.1) is 0 Å². The van der Waals surface area contributed by atoms with Gasteiger partial charge in [0.15, 0.2) is 0 Å². The molecule has 2 aliphatic rings. The average molecular weight is 298 g/mol. The van der Waals surface area contributed by atoms with Crippen LogP contribution in [0.4, 0.5) is 0 Å². The molecule has 0 saturated heterocycles. The van der Waals surface area contributed by atoms with E-state index < -0.39 is 0 Å². The zero-order valence-electron chi connectivity index (χ0n) is 12.5. The maximum Gasteiger partial charge on any atom is 0.0813 e. The molecule has 0 radical (unpaired) electrons. The van der Waals surface area contributed by atoms with E-state index in [1.54, 1.807) is 0 Å². The minimum atomic E-state index is 0.378. The second-order valence-corrected chi connectivity index (χ2v) is 7.27. The van der Waals surface area contributed by atoms with Crippen LogP contribution >= 0.6 is 11.8 Å². The van der Waals surface area contributed by atoms with Crippen molar-refractivity contribution in [2.75, 3.05) is 5.75 Å². The van der Waals surface area contributed by atoms with Crippen molar-refractivity contribution < 1.29 is 0 Å². The Morgan fingerprint density at radius 2 is 2.14 bits per heavy atom. The number of hydrogen-bond donors (Lipinski definition) is 1. The van der Waals surface area contributed by atoms with Gasteiger partial charge in [-0.25, -0.2) is 0 Å². The molecule has 3 heteroatoms. The molecule has 0 bridgehead atoms. The maximum absolute atomic E-state index is 3.69. The van der Waals surface area contributed by atoms with E-state index in [1.165, 1.54) is 41.5 Å². The van der Waals surface area contributed by atoms with Crippen LogP contribution < -0.4 is 5.32 Å². The molecule has 1 N–H and O–H groups in total. The first-order chi connectivity index (χ1) is 10.3. The molecule has 1 saturated carbocycles. The second kappa shape index (κ2) is 5.54. The summed E-state index contributed by atoms with van der Waals surface area (Å²) >= 11 is 1.92. The van der Waals surface area contributed by atoms with E-state index >= 15 is 0 Å². The fourth-order valence-electron chi connectivity index (χ4n) is 3.19. The smallest absolute Gasteiger partial charge is 0.0813 e. The van der Waals surface area contributed by atoms with Gasteiger partial charge in [-0.05, 0) is 60.4 Å². The van der Waals surface area contributed by atoms with Crippen molar-refractivity contribution in [1.29, 1.82) is 0 Å². The molecule has 1 aliphatic heterocycles. The first kappa shape index (κ1) is 13.5. The summed E-state index contributed by atoms with van der Waals surface area (Å²) < 4.78 is 2.39. The quantitative estimate of drug-likeness (QED) is 0.885. The Hall–Kier alpha value is -1.19. The van der Waals surface area contributed by atoms with Crippen LogP contribution in [0.2, 0.25) is 0 Å². The Bertz CT molecular complexity index is 669. The average Bonchev–Trinajstić information content (AvgIpc) is 3.23. The van der Waals surface area contributed by atoms with Crippen LogP contribution in [0.25, 0.3) is 10.9 Å². The molecule has 21 heavy (non-hydrogen) atoms. The topological polar surface area (TPSA) is 17.0 Å². The highest BCUT2D eigenvalue weighted by molar-refractivity contribution is 8.02. The number of thioether (sulfide) groups is 1. The van der Waals surface area contributed by atoms with Gasteiger partial charge in [0.05, 0.1) is 6.17 Å². The van der Waals surface area contributed by atoms with Gasteiger partial charge < -0.3 is 4.57 Å². The monoisotopic (exact) mass is 298 g/mol. The lowest BCUT2D eigenvalue weighted by molar-refractivity contribution is 0.445. The van der Waals surface area contributed by atoms with Gasteiger partial charge in [-0.1, -0.05) is 18.2 Å². The van der Waals surface area contributed by atoms with Gasteiger partial charge >= 0.3 is 0 Å². The van der Waals surface area contributed by atoms with Crippen molar-refractivity contribution in [2.24, 2.45) is 0 Å². The molecule has 2 unspecified atom stereocenters. The van der Waals surface area contributed by atoms with Gasteiger partial charge in [0.25, 0.3) is 0 Å². The van der Waals surface area contributed by atoms with E-state index in [-0.39, 0.29) is 0 Å². The molecule has 110 valence electrons. The molecular formula is C18H22N2S. The number of nitrogens with zero attached hydrogens (tertiary/aromatic N) is 1. The number of fused-ring (bicyclic) bond motifs is 1. The molecule has 0 amide bonds. The van der Waals surface area contributed by atoms with Gasteiger partial charge in [0.2, 0.25) is 0 Å². The van der Waals surface area contributed by atoms with Crippen LogP contribution in [0.5, 0.6) is 0 Å². The van der Waals surface area contributed by atoms with Gasteiger partial charge in [0, 0.05) is 23.7 Å². The van der Waals surface area contributed by atoms with E-state index in [4.69, 9.17) is 0 Å². The van der Waals surface area contributed by atoms with Crippen molar-refractivity contribution in [3.8, 4) is 0 Å². The van der Waals surface area contributed by atoms with Crippen molar-refractivity contribution in [2.45, 2.75) is 44.3 Å². The van der Waals surface area contributed by atoms with Crippen molar-refractivity contribution >= 4 is 22.7 Å². The van der Waals surface area contributed by atoms with E-state index in [0.29, 0.717) is 12.1 Å². The van der Waals surface area contributed by atoms with E-state index in [1.807, 2.05) is 11.8 Å². The molecule has 4 rings (SSSR count). The summed E-state index contributed by atoms with van der Waals surface area (Å²) in [5, 5.41) is 7.30. The number of benzene rings is 1. The third kappa shape index (κ3) is 2.77. The summed E-state index contributed by atoms with van der Waals surface area (Å²) in [6.07, 6.45) is 8.87. The van der Waals surface area contributed by atoms with Crippen molar-refractivity contribution in [1.82, 2.24) is 9.88 Å². The number of hydrogen-bond acceptors (Lipinski definition) is 2. The number of allylic oxidation sites excluding steroid dienone is 1. The van der Waals surface area contributed by atoms with Crippen molar-refractivity contribution in [3.05, 3.63) is 47.5 Å². The molecule has 1 aromatic carbocycles. The summed E-state index contributed by atoms with van der Waals surface area (Å²) in [4.78, 5) is 0. The molecule has 2 heterocycles. The summed E-state index contributed by atoms with van der Waals surface area (Å²) in [5.74, 6) is 1.82. The number of rotatable bonds is 4. The fraction of sp³-hybridized carbons (Fsp3) is 0.444. The summed E-state index contributed by atoms with van der Waals surface area (Å²) in [6, 6.07) is 9.94. The van der Waals surface area contributed by atoms with E-state index in [2.05, 4.69) is 58.8 Å². The van der Waals surface area contributed by atoms with Gasteiger partial charge in [-0.3, -0.25) is 5.32 Å². The predicted octanol–water partition coefficient (Wildman–Crippen LogP) is 4.65. The van der Waals surface area contributed by atoms with Crippen LogP contribution in [0.15, 0.2) is 41.9 Å². The lowest BCUT2D eigenvalue weighted by Gasteiger charge is -2.19. The Kier molecular flexibility index (Phi) is 3.56. The summed E-state index contributed by atoms with van der Waals surface area (Å²) in [7, 11) is 0. The minimum Gasteiger partial charge on any atom is -0.332 e. The molecule has 0 spiro atoms.